The average Bonchev–Trinajstić information content (AvgIpc) is 3.08. The number of nitrogens with zero attached hydrogens (tertiary/aromatic N) is 3. The number of fused-ring (bicyclic) bond motifs is 2. The van der Waals surface area contributed by atoms with Crippen molar-refractivity contribution in [3.8, 4) is 0 Å². The third-order valence-corrected chi connectivity index (χ3v) is 11.3. The number of hydrogen-bond donors (Lipinski definition) is 3. The Balaban J connectivity index is 0.00000360. The molecule has 6 aromatic rings. The first-order valence-electron chi connectivity index (χ1n) is 14.5. The van der Waals surface area contributed by atoms with Crippen LogP contribution in [0.1, 0.15) is 0 Å². The fourth-order valence-corrected chi connectivity index (χ4v) is 8.12. The Hall–Kier alpha value is -0.1000. The van der Waals surface area contributed by atoms with Gasteiger partial charge >= 0.3 is 148 Å². The van der Waals surface area contributed by atoms with E-state index in [0.717, 1.165) is 24.3 Å². The number of hydrogen-bond acceptors (Lipinski definition) is 22. The van der Waals surface area contributed by atoms with Crippen LogP contribution in [0.3, 0.4) is 0 Å². The summed E-state index contributed by atoms with van der Waals surface area (Å²) in [6, 6.07) is 15.9. The van der Waals surface area contributed by atoms with Crippen molar-refractivity contribution in [1.82, 2.24) is 15.0 Å². The smallest absolute Gasteiger partial charge is 0.744 e. The number of benzene rings is 5. The van der Waals surface area contributed by atoms with Gasteiger partial charge in [0.15, 0.2) is 0 Å². The molecule has 0 saturated carbocycles. The molecule has 1 aromatic heterocycles. The van der Waals surface area contributed by atoms with Crippen LogP contribution in [0.5, 0.6) is 0 Å². The maximum absolute atomic E-state index is 12.0. The van der Waals surface area contributed by atoms with Crippen LogP contribution in [-0.4, -0.2) is 66.8 Å². The van der Waals surface area contributed by atoms with E-state index in [9.17, 15) is 57.1 Å². The van der Waals surface area contributed by atoms with E-state index in [0.29, 0.717) is 18.1 Å². The minimum Gasteiger partial charge on any atom is -0.744 e. The summed E-state index contributed by atoms with van der Waals surface area (Å²) in [6.45, 7) is 0. The Morgan fingerprint density at radius 3 is 1.28 bits per heavy atom. The second-order valence-corrected chi connectivity index (χ2v) is 17.2. The zero-order chi connectivity index (χ0) is 39.9. The van der Waals surface area contributed by atoms with Crippen molar-refractivity contribution >= 4 is 109 Å². The molecular weight excluding hydrogens is 948 g/mol. The molecule has 6 rings (SSSR count). The predicted molar refractivity (Wildman–Crippen MR) is 184 cm³/mol. The zero-order valence-electron chi connectivity index (χ0n) is 31.6. The largest absolute Gasteiger partial charge is 1.00 e. The molecule has 0 bridgehead atoms. The van der Waals surface area contributed by atoms with Gasteiger partial charge in [-0.15, -0.1) is 0 Å². The van der Waals surface area contributed by atoms with Gasteiger partial charge in [0, 0.05) is 22.0 Å². The van der Waals surface area contributed by atoms with Crippen LogP contribution in [0.4, 0.5) is 34.9 Å². The second kappa shape index (κ2) is 23.4. The minimum absolute atomic E-state index is 0. The van der Waals surface area contributed by atoms with Crippen LogP contribution < -0.4 is 169 Å². The van der Waals surface area contributed by atoms with Crippen LogP contribution in [0, 0.1) is 0 Å². The molecule has 1 heterocycles. The molecule has 0 aliphatic rings. The van der Waals surface area contributed by atoms with Crippen molar-refractivity contribution in [3.05, 3.63) is 84.9 Å². The molecule has 0 aliphatic carbocycles. The fourth-order valence-electron chi connectivity index (χ4n) is 5.07. The molecule has 0 radical (unpaired) electrons. The van der Waals surface area contributed by atoms with Crippen LogP contribution in [0.25, 0.3) is 21.5 Å². The first-order chi connectivity index (χ1) is 25.7. The van der Waals surface area contributed by atoms with E-state index in [1.165, 1.54) is 54.6 Å². The maximum Gasteiger partial charge on any atom is 1.00 e. The quantitative estimate of drug-likeness (QED) is 0.0318. The van der Waals surface area contributed by atoms with E-state index in [2.05, 4.69) is 40.3 Å². The first-order valence-corrected chi connectivity index (χ1v) is 20.8. The Morgan fingerprint density at radius 1 is 0.467 bits per heavy atom. The van der Waals surface area contributed by atoms with Gasteiger partial charge in [0.05, 0.1) is 31.6 Å². The molecule has 0 aliphatic heterocycles. The van der Waals surface area contributed by atoms with E-state index in [1.54, 1.807) is 0 Å². The summed E-state index contributed by atoms with van der Waals surface area (Å²) in [5.41, 5.74) is 0.494. The molecule has 288 valence electrons. The van der Waals surface area contributed by atoms with Gasteiger partial charge in [-0.25, -0.2) is 33.7 Å². The fraction of sp³-hybridized carbons (Fsp3) is 0. The predicted octanol–water partition coefficient (Wildman–Crippen LogP) is -12.7. The summed E-state index contributed by atoms with van der Waals surface area (Å²) in [5, 5.41) is 21.9. The summed E-state index contributed by atoms with van der Waals surface area (Å²) < 4.78 is 145. The van der Waals surface area contributed by atoms with Gasteiger partial charge in [-0.3, -0.25) is 5.04 Å². The van der Waals surface area contributed by atoms with E-state index in [-0.39, 0.29) is 209 Å². The van der Waals surface area contributed by atoms with Gasteiger partial charge < -0.3 is 39.4 Å². The van der Waals surface area contributed by atoms with Crippen molar-refractivity contribution in [3.63, 3.8) is 0 Å². The van der Waals surface area contributed by atoms with Gasteiger partial charge in [0.2, 0.25) is 17.8 Å². The normalized spacial score (nSPS) is 11.5. The minimum atomic E-state index is -5.24. The van der Waals surface area contributed by atoms with Crippen LogP contribution in [-0.2, 0) is 49.8 Å². The average molecular weight is 965 g/mol. The third-order valence-electron chi connectivity index (χ3n) is 7.31. The summed E-state index contributed by atoms with van der Waals surface area (Å²) in [6.07, 6.45) is 0. The molecule has 0 spiro atoms. The Labute approximate surface area is 456 Å². The van der Waals surface area contributed by atoms with Crippen LogP contribution in [0.2, 0.25) is 0 Å². The van der Waals surface area contributed by atoms with E-state index in [1.807, 2.05) is 0 Å². The van der Waals surface area contributed by atoms with E-state index in [4.69, 9.17) is 0 Å². The van der Waals surface area contributed by atoms with Gasteiger partial charge in [0.25, 0.3) is 0 Å². The number of aromatic nitrogens is 3. The Kier molecular flexibility index (Phi) is 22.6. The topological polar surface area (TPSA) is 345 Å². The molecule has 0 unspecified atom stereocenters. The molecule has 0 amide bonds. The standard InChI is InChI=1S/C29H22N6O15S5.5Na/c36-49-50-51-20-11-15-9-18(3-7-23(15)25(13-20)54(43,44)45)31-28-33-27(30-17-1-5-21(6-2-17)52(37,38)39)34-29(35-28)32-19-4-8-24-16(10-19)12-22(53(40,41)42)14-26(24)55(46,47)48;;;;;/h1-14,36H,(H,37,38,39)(H,40,41,42)(H,43,44,45)(H,46,47,48)(H3,30,31,32,33,34,35);;;;;/q;5*+1/p-5. The van der Waals surface area contributed by atoms with E-state index >= 15 is 0 Å². The van der Waals surface area contributed by atoms with Gasteiger partial charge in [0.1, 0.15) is 40.5 Å². The van der Waals surface area contributed by atoms with Crippen molar-refractivity contribution in [2.24, 2.45) is 0 Å². The number of nitrogens with one attached hydrogen (secondary N) is 3. The van der Waals surface area contributed by atoms with E-state index < -0.39 is 60.1 Å². The first kappa shape index (κ1) is 57.9. The Bertz CT molecular complexity index is 2980. The van der Waals surface area contributed by atoms with Crippen molar-refractivity contribution < 1.29 is 214 Å². The van der Waals surface area contributed by atoms with Crippen LogP contribution >= 0.6 is 12.0 Å². The molecule has 31 heteroatoms. The SMILES string of the molecule is O=S(=O)([O-])c1ccc(Nc2nc(Nc3ccc4c(S(=O)(=O)[O-])cc(SOO[O-])cc4c3)nc(Nc3ccc4c(S(=O)(=O)[O-])cc(S(=O)(=O)[O-])cc4c3)n2)cc1.[Na+].[Na+].[Na+].[Na+].[Na+]. The maximum atomic E-state index is 12.0. The Morgan fingerprint density at radius 2 is 0.867 bits per heavy atom. The molecule has 3 N–H and O–H groups in total. The summed E-state index contributed by atoms with van der Waals surface area (Å²) in [7, 11) is -20.2. The molecular formula is C29H17N6Na5O15S5. The third kappa shape index (κ3) is 15.0. The van der Waals surface area contributed by atoms with Gasteiger partial charge in [-0.2, -0.15) is 19.3 Å². The number of anilines is 6. The van der Waals surface area contributed by atoms with Crippen molar-refractivity contribution in [1.29, 1.82) is 0 Å². The van der Waals surface area contributed by atoms with Gasteiger partial charge in [-0.05, 0) is 94.3 Å². The summed E-state index contributed by atoms with van der Waals surface area (Å²) in [4.78, 5) is 9.74. The molecule has 0 fully saturated rings. The molecule has 60 heavy (non-hydrogen) atoms. The second-order valence-electron chi connectivity index (χ2n) is 11.0. The molecule has 0 saturated heterocycles. The zero-order valence-corrected chi connectivity index (χ0v) is 45.7. The monoisotopic (exact) mass is 964 g/mol. The van der Waals surface area contributed by atoms with Gasteiger partial charge in [-0.1, -0.05) is 12.1 Å². The number of rotatable bonds is 13. The molecule has 21 nitrogen and oxygen atoms in total. The summed E-state index contributed by atoms with van der Waals surface area (Å²) >= 11 is 0.338. The van der Waals surface area contributed by atoms with Crippen molar-refractivity contribution in [2.45, 2.75) is 24.5 Å². The molecule has 0 atom stereocenters. The van der Waals surface area contributed by atoms with Crippen molar-refractivity contribution in [2.75, 3.05) is 16.0 Å². The van der Waals surface area contributed by atoms with Crippen LogP contribution in [0.15, 0.2) is 109 Å². The molecule has 5 aromatic carbocycles. The summed E-state index contributed by atoms with van der Waals surface area (Å²) in [5.74, 6) is -0.646.